The molecule has 2 N–H and O–H groups in total. The maximum absolute atomic E-state index is 5.94. The van der Waals surface area contributed by atoms with Crippen LogP contribution in [-0.2, 0) is 6.42 Å². The molecule has 0 unspecified atom stereocenters. The van der Waals surface area contributed by atoms with E-state index in [9.17, 15) is 0 Å². The fourth-order valence-corrected chi connectivity index (χ4v) is 2.80. The van der Waals surface area contributed by atoms with E-state index in [-0.39, 0.29) is 0 Å². The van der Waals surface area contributed by atoms with Crippen molar-refractivity contribution in [1.82, 2.24) is 0 Å². The molecule has 0 amide bonds. The summed E-state index contributed by atoms with van der Waals surface area (Å²) in [5.41, 5.74) is 8.04. The Labute approximate surface area is 111 Å². The van der Waals surface area contributed by atoms with E-state index in [1.54, 1.807) is 11.8 Å². The first-order valence-corrected chi connectivity index (χ1v) is 6.84. The summed E-state index contributed by atoms with van der Waals surface area (Å²) in [5.74, 6) is 1.01. The first kappa shape index (κ1) is 12.3. The van der Waals surface area contributed by atoms with Gasteiger partial charge < -0.3 is 5.73 Å². The van der Waals surface area contributed by atoms with E-state index >= 15 is 0 Å². The lowest BCUT2D eigenvalue weighted by molar-refractivity contribution is 1.15. The maximum Gasteiger partial charge on any atom is 0.0453 e. The molecule has 2 rings (SSSR count). The van der Waals surface area contributed by atoms with E-state index < -0.39 is 0 Å². The van der Waals surface area contributed by atoms with Crippen LogP contribution in [0.3, 0.4) is 0 Å². The lowest BCUT2D eigenvalue weighted by Gasteiger charge is -2.06. The van der Waals surface area contributed by atoms with Crippen molar-refractivity contribution < 1.29 is 0 Å². The van der Waals surface area contributed by atoms with E-state index in [4.69, 9.17) is 17.3 Å². The molecule has 88 valence electrons. The van der Waals surface area contributed by atoms with E-state index in [2.05, 4.69) is 24.3 Å². The summed E-state index contributed by atoms with van der Waals surface area (Å²) >= 11 is 7.69. The van der Waals surface area contributed by atoms with Gasteiger partial charge in [-0.25, -0.2) is 0 Å². The van der Waals surface area contributed by atoms with Crippen LogP contribution in [0.4, 0.5) is 5.69 Å². The molecule has 17 heavy (non-hydrogen) atoms. The highest BCUT2D eigenvalue weighted by atomic mass is 35.5. The highest BCUT2D eigenvalue weighted by Crippen LogP contribution is 2.28. The summed E-state index contributed by atoms with van der Waals surface area (Å²) in [4.78, 5) is 1.06. The van der Waals surface area contributed by atoms with Crippen LogP contribution in [0.2, 0.25) is 5.02 Å². The van der Waals surface area contributed by atoms with Crippen LogP contribution in [0.1, 0.15) is 5.56 Å². The number of rotatable bonds is 4. The molecule has 0 aromatic heterocycles. The number of hydrogen-bond acceptors (Lipinski definition) is 2. The molecule has 0 aliphatic rings. The number of nitrogen functional groups attached to an aromatic ring is 1. The second kappa shape index (κ2) is 5.99. The van der Waals surface area contributed by atoms with Gasteiger partial charge in [0.1, 0.15) is 0 Å². The smallest absolute Gasteiger partial charge is 0.0453 e. The summed E-state index contributed by atoms with van der Waals surface area (Å²) in [6.45, 7) is 0. The number of nitrogens with two attached hydrogens (primary N) is 1. The molecule has 0 aliphatic heterocycles. The lowest BCUT2D eigenvalue weighted by Crippen LogP contribution is -1.91. The predicted molar refractivity (Wildman–Crippen MR) is 76.7 cm³/mol. The van der Waals surface area contributed by atoms with Crippen LogP contribution in [0, 0.1) is 0 Å². The fourth-order valence-electron chi connectivity index (χ4n) is 1.56. The number of thioether (sulfide) groups is 1. The van der Waals surface area contributed by atoms with Crippen molar-refractivity contribution in [2.45, 2.75) is 11.3 Å². The molecule has 0 atom stereocenters. The number of anilines is 1. The molecular weight excluding hydrogens is 250 g/mol. The average molecular weight is 264 g/mol. The minimum atomic E-state index is 0.737. The summed E-state index contributed by atoms with van der Waals surface area (Å²) in [6, 6.07) is 16.0. The van der Waals surface area contributed by atoms with Crippen LogP contribution < -0.4 is 5.73 Å². The average Bonchev–Trinajstić information content (AvgIpc) is 2.35. The Balaban J connectivity index is 1.92. The maximum atomic E-state index is 5.94. The number of aryl methyl sites for hydroxylation is 1. The van der Waals surface area contributed by atoms with E-state index in [1.165, 1.54) is 5.56 Å². The molecule has 0 heterocycles. The van der Waals surface area contributed by atoms with Gasteiger partial charge >= 0.3 is 0 Å². The highest BCUT2D eigenvalue weighted by molar-refractivity contribution is 7.99. The number of halogens is 1. The van der Waals surface area contributed by atoms with Gasteiger partial charge in [-0.1, -0.05) is 41.9 Å². The van der Waals surface area contributed by atoms with Crippen LogP contribution >= 0.6 is 23.4 Å². The quantitative estimate of drug-likeness (QED) is 0.659. The van der Waals surface area contributed by atoms with E-state index in [0.29, 0.717) is 0 Å². The molecule has 0 aliphatic carbocycles. The summed E-state index contributed by atoms with van der Waals surface area (Å²) in [5, 5.41) is 0.737. The summed E-state index contributed by atoms with van der Waals surface area (Å²) in [6.07, 6.45) is 1.04. The third-order valence-electron chi connectivity index (χ3n) is 2.47. The molecule has 3 heteroatoms. The second-order valence-corrected chi connectivity index (χ2v) is 5.34. The van der Waals surface area contributed by atoms with Gasteiger partial charge in [0.05, 0.1) is 0 Å². The molecule has 0 fully saturated rings. The van der Waals surface area contributed by atoms with Crippen LogP contribution in [-0.4, -0.2) is 5.75 Å². The van der Waals surface area contributed by atoms with Crippen LogP contribution in [0.5, 0.6) is 0 Å². The van der Waals surface area contributed by atoms with Crippen molar-refractivity contribution >= 4 is 29.1 Å². The Morgan fingerprint density at radius 3 is 2.59 bits per heavy atom. The molecule has 0 bridgehead atoms. The third kappa shape index (κ3) is 3.69. The Kier molecular flexibility index (Phi) is 4.35. The van der Waals surface area contributed by atoms with Crippen LogP contribution in [0.15, 0.2) is 53.4 Å². The van der Waals surface area contributed by atoms with Gasteiger partial charge in [0.15, 0.2) is 0 Å². The topological polar surface area (TPSA) is 26.0 Å². The van der Waals surface area contributed by atoms with Crippen molar-refractivity contribution in [2.75, 3.05) is 11.5 Å². The molecule has 0 radical (unpaired) electrons. The van der Waals surface area contributed by atoms with Gasteiger partial charge in [0, 0.05) is 21.4 Å². The Morgan fingerprint density at radius 2 is 1.82 bits per heavy atom. The summed E-state index contributed by atoms with van der Waals surface area (Å²) in [7, 11) is 0. The third-order valence-corrected chi connectivity index (χ3v) is 3.77. The van der Waals surface area contributed by atoms with E-state index in [1.807, 2.05) is 24.3 Å². The molecule has 0 spiro atoms. The lowest BCUT2D eigenvalue weighted by atomic mass is 10.2. The number of benzene rings is 2. The largest absolute Gasteiger partial charge is 0.398 e. The Morgan fingerprint density at radius 1 is 1.06 bits per heavy atom. The second-order valence-electron chi connectivity index (χ2n) is 3.77. The van der Waals surface area contributed by atoms with E-state index in [0.717, 1.165) is 27.8 Å². The monoisotopic (exact) mass is 263 g/mol. The zero-order valence-corrected chi connectivity index (χ0v) is 11.0. The van der Waals surface area contributed by atoms with Crippen molar-refractivity contribution in [3.8, 4) is 0 Å². The van der Waals surface area contributed by atoms with Crippen molar-refractivity contribution in [2.24, 2.45) is 0 Å². The molecule has 0 saturated carbocycles. The number of hydrogen-bond donors (Lipinski definition) is 1. The van der Waals surface area contributed by atoms with Gasteiger partial charge in [0.2, 0.25) is 0 Å². The molecule has 0 saturated heterocycles. The van der Waals surface area contributed by atoms with Gasteiger partial charge in [-0.15, -0.1) is 11.8 Å². The Bertz CT molecular complexity index is 485. The SMILES string of the molecule is Nc1ccc(Cl)cc1SCCc1ccccc1. The van der Waals surface area contributed by atoms with Gasteiger partial charge in [-0.2, -0.15) is 0 Å². The van der Waals surface area contributed by atoms with Crippen LogP contribution in [0.25, 0.3) is 0 Å². The summed E-state index contributed by atoms with van der Waals surface area (Å²) < 4.78 is 0. The standard InChI is InChI=1S/C14H14ClNS/c15-12-6-7-13(16)14(10-12)17-9-8-11-4-2-1-3-5-11/h1-7,10H,8-9,16H2. The first-order chi connectivity index (χ1) is 8.25. The first-order valence-electron chi connectivity index (χ1n) is 5.47. The van der Waals surface area contributed by atoms with Crippen molar-refractivity contribution in [3.63, 3.8) is 0 Å². The zero-order valence-electron chi connectivity index (χ0n) is 9.40. The van der Waals surface area contributed by atoms with Gasteiger partial charge in [0.25, 0.3) is 0 Å². The normalized spacial score (nSPS) is 10.4. The molecular formula is C14H14ClNS. The van der Waals surface area contributed by atoms with Crippen molar-refractivity contribution in [3.05, 3.63) is 59.1 Å². The van der Waals surface area contributed by atoms with Gasteiger partial charge in [-0.3, -0.25) is 0 Å². The Hall–Kier alpha value is -1.12. The highest BCUT2D eigenvalue weighted by Gasteiger charge is 2.01. The minimum Gasteiger partial charge on any atom is -0.398 e. The molecule has 2 aromatic carbocycles. The molecule has 2 aromatic rings. The fraction of sp³-hybridized carbons (Fsp3) is 0.143. The molecule has 1 nitrogen and oxygen atoms in total. The zero-order chi connectivity index (χ0) is 12.1. The predicted octanol–water partition coefficient (Wildman–Crippen LogP) is 4.26. The van der Waals surface area contributed by atoms with Crippen molar-refractivity contribution in [1.29, 1.82) is 0 Å². The van der Waals surface area contributed by atoms with Gasteiger partial charge in [-0.05, 0) is 30.2 Å². The minimum absolute atomic E-state index is 0.737.